The van der Waals surface area contributed by atoms with Gasteiger partial charge in [0.2, 0.25) is 5.78 Å². The van der Waals surface area contributed by atoms with Crippen molar-refractivity contribution in [1.82, 2.24) is 4.98 Å². The highest BCUT2D eigenvalue weighted by molar-refractivity contribution is 7.09. The molecule has 1 aromatic heterocycles. The molecule has 0 bridgehead atoms. The molecule has 0 aliphatic rings. The minimum absolute atomic E-state index is 0.0446. The Morgan fingerprint density at radius 1 is 1.47 bits per heavy atom. The molecule has 0 saturated carbocycles. The summed E-state index contributed by atoms with van der Waals surface area (Å²) in [6.45, 7) is 3.82. The SMILES string of the molecule is Cc1cccc(C(=O)c2csc(C(C)N)n2)c1. The highest BCUT2D eigenvalue weighted by Crippen LogP contribution is 2.18. The van der Waals surface area contributed by atoms with Crippen LogP contribution in [0.3, 0.4) is 0 Å². The van der Waals surface area contributed by atoms with Crippen molar-refractivity contribution < 1.29 is 4.79 Å². The van der Waals surface area contributed by atoms with Gasteiger partial charge in [-0.15, -0.1) is 11.3 Å². The number of nitrogens with two attached hydrogens (primary N) is 1. The first-order chi connectivity index (χ1) is 8.08. The number of rotatable bonds is 3. The molecule has 0 saturated heterocycles. The molecule has 3 nitrogen and oxygen atoms in total. The van der Waals surface area contributed by atoms with Crippen molar-refractivity contribution in [1.29, 1.82) is 0 Å². The van der Waals surface area contributed by atoms with Crippen LogP contribution in [0.15, 0.2) is 29.6 Å². The first-order valence-electron chi connectivity index (χ1n) is 5.40. The van der Waals surface area contributed by atoms with Crippen LogP contribution >= 0.6 is 11.3 Å². The van der Waals surface area contributed by atoms with E-state index < -0.39 is 0 Å². The Hall–Kier alpha value is -1.52. The molecule has 2 aromatic rings. The van der Waals surface area contributed by atoms with Crippen LogP contribution < -0.4 is 5.73 Å². The Labute approximate surface area is 104 Å². The second-order valence-electron chi connectivity index (χ2n) is 4.06. The number of nitrogens with zero attached hydrogens (tertiary/aromatic N) is 1. The second-order valence-corrected chi connectivity index (χ2v) is 4.95. The molecule has 4 heteroatoms. The van der Waals surface area contributed by atoms with Crippen LogP contribution in [0.4, 0.5) is 0 Å². The van der Waals surface area contributed by atoms with E-state index in [1.54, 1.807) is 11.4 Å². The summed E-state index contributed by atoms with van der Waals surface area (Å²) in [5, 5.41) is 2.56. The molecule has 1 atom stereocenters. The molecule has 88 valence electrons. The highest BCUT2D eigenvalue weighted by atomic mass is 32.1. The number of ketones is 1. The molecule has 0 radical (unpaired) electrons. The van der Waals surface area contributed by atoms with Gasteiger partial charge in [0.1, 0.15) is 10.7 Å². The number of aromatic nitrogens is 1. The summed E-state index contributed by atoms with van der Waals surface area (Å²) in [6.07, 6.45) is 0. The summed E-state index contributed by atoms with van der Waals surface area (Å²) >= 11 is 1.43. The summed E-state index contributed by atoms with van der Waals surface area (Å²) in [4.78, 5) is 16.4. The van der Waals surface area contributed by atoms with Crippen LogP contribution in [-0.2, 0) is 0 Å². The van der Waals surface area contributed by atoms with E-state index in [0.29, 0.717) is 11.3 Å². The first kappa shape index (κ1) is 12.0. The summed E-state index contributed by atoms with van der Waals surface area (Å²) in [6, 6.07) is 7.39. The predicted octanol–water partition coefficient (Wildman–Crippen LogP) is 2.70. The van der Waals surface area contributed by atoms with Crippen molar-refractivity contribution in [3.05, 3.63) is 51.5 Å². The zero-order chi connectivity index (χ0) is 12.4. The Morgan fingerprint density at radius 3 is 2.82 bits per heavy atom. The van der Waals surface area contributed by atoms with Gasteiger partial charge in [0.05, 0.1) is 6.04 Å². The fraction of sp³-hybridized carbons (Fsp3) is 0.231. The minimum atomic E-state index is -0.126. The lowest BCUT2D eigenvalue weighted by atomic mass is 10.1. The van der Waals surface area contributed by atoms with Crippen LogP contribution in [0.2, 0.25) is 0 Å². The maximum absolute atomic E-state index is 12.1. The molecule has 0 aliphatic heterocycles. The maximum atomic E-state index is 12.1. The Bertz CT molecular complexity index is 546. The Kier molecular flexibility index (Phi) is 3.36. The van der Waals surface area contributed by atoms with Gasteiger partial charge < -0.3 is 5.73 Å². The average Bonchev–Trinajstić information content (AvgIpc) is 2.77. The molecule has 0 spiro atoms. The summed E-state index contributed by atoms with van der Waals surface area (Å²) in [7, 11) is 0. The monoisotopic (exact) mass is 246 g/mol. The quantitative estimate of drug-likeness (QED) is 0.847. The summed E-state index contributed by atoms with van der Waals surface area (Å²) in [5.74, 6) is -0.0446. The molecule has 2 N–H and O–H groups in total. The fourth-order valence-corrected chi connectivity index (χ4v) is 2.29. The van der Waals surface area contributed by atoms with E-state index in [1.807, 2.05) is 32.0 Å². The molecule has 0 amide bonds. The van der Waals surface area contributed by atoms with Crippen LogP contribution in [0.1, 0.15) is 39.6 Å². The number of hydrogen-bond acceptors (Lipinski definition) is 4. The van der Waals surface area contributed by atoms with Gasteiger partial charge in [0.25, 0.3) is 0 Å². The van der Waals surface area contributed by atoms with Crippen molar-refractivity contribution in [2.45, 2.75) is 19.9 Å². The lowest BCUT2D eigenvalue weighted by molar-refractivity contribution is 0.103. The number of carbonyl (C=O) groups is 1. The molecule has 1 heterocycles. The average molecular weight is 246 g/mol. The van der Waals surface area contributed by atoms with Crippen LogP contribution in [0, 0.1) is 6.92 Å². The zero-order valence-corrected chi connectivity index (χ0v) is 10.6. The third-order valence-electron chi connectivity index (χ3n) is 2.42. The molecule has 1 unspecified atom stereocenters. The molecule has 17 heavy (non-hydrogen) atoms. The minimum Gasteiger partial charge on any atom is -0.322 e. The first-order valence-corrected chi connectivity index (χ1v) is 6.28. The number of thiazole rings is 1. The number of aryl methyl sites for hydroxylation is 1. The normalized spacial score (nSPS) is 12.4. The van der Waals surface area contributed by atoms with Crippen molar-refractivity contribution in [2.75, 3.05) is 0 Å². The summed E-state index contributed by atoms with van der Waals surface area (Å²) < 4.78 is 0. The van der Waals surface area contributed by atoms with Crippen molar-refractivity contribution in [3.63, 3.8) is 0 Å². The zero-order valence-electron chi connectivity index (χ0n) is 9.81. The fourth-order valence-electron chi connectivity index (χ4n) is 1.54. The third kappa shape index (κ3) is 2.60. The lowest BCUT2D eigenvalue weighted by Crippen LogP contribution is -2.06. The van der Waals surface area contributed by atoms with Crippen LogP contribution in [0.25, 0.3) is 0 Å². The number of benzene rings is 1. The Balaban J connectivity index is 2.30. The molecule has 0 aliphatic carbocycles. The number of carbonyl (C=O) groups excluding carboxylic acids is 1. The van der Waals surface area contributed by atoms with Crippen molar-refractivity contribution >= 4 is 17.1 Å². The van der Waals surface area contributed by atoms with Gasteiger partial charge in [0.15, 0.2) is 0 Å². The van der Waals surface area contributed by atoms with Gasteiger partial charge in [-0.1, -0.05) is 23.8 Å². The van der Waals surface area contributed by atoms with Crippen molar-refractivity contribution in [2.24, 2.45) is 5.73 Å². The second kappa shape index (κ2) is 4.77. The Morgan fingerprint density at radius 2 is 2.24 bits per heavy atom. The van der Waals surface area contributed by atoms with E-state index in [0.717, 1.165) is 10.6 Å². The van der Waals surface area contributed by atoms with Gasteiger partial charge in [-0.05, 0) is 19.9 Å². The molecular weight excluding hydrogens is 232 g/mol. The van der Waals surface area contributed by atoms with Gasteiger partial charge in [-0.3, -0.25) is 4.79 Å². The van der Waals surface area contributed by atoms with E-state index in [2.05, 4.69) is 4.98 Å². The largest absolute Gasteiger partial charge is 0.322 e. The molecule has 2 rings (SSSR count). The van der Waals surface area contributed by atoms with E-state index in [9.17, 15) is 4.79 Å². The topological polar surface area (TPSA) is 56.0 Å². The molecule has 1 aromatic carbocycles. The molecular formula is C13H14N2OS. The highest BCUT2D eigenvalue weighted by Gasteiger charge is 2.14. The predicted molar refractivity (Wildman–Crippen MR) is 69.3 cm³/mol. The van der Waals surface area contributed by atoms with Crippen molar-refractivity contribution in [3.8, 4) is 0 Å². The summed E-state index contributed by atoms with van der Waals surface area (Å²) in [5.41, 5.74) is 7.95. The lowest BCUT2D eigenvalue weighted by Gasteiger charge is -1.99. The van der Waals surface area contributed by atoms with E-state index in [4.69, 9.17) is 5.73 Å². The standard InChI is InChI=1S/C13H14N2OS/c1-8-4-3-5-10(6-8)12(16)11-7-17-13(15-11)9(2)14/h3-7,9H,14H2,1-2H3. The third-order valence-corrected chi connectivity index (χ3v) is 3.47. The number of hydrogen-bond donors (Lipinski definition) is 1. The molecule has 0 fully saturated rings. The van der Waals surface area contributed by atoms with Gasteiger partial charge in [0, 0.05) is 10.9 Å². The maximum Gasteiger partial charge on any atom is 0.212 e. The smallest absolute Gasteiger partial charge is 0.212 e. The van der Waals surface area contributed by atoms with E-state index >= 15 is 0 Å². The van der Waals surface area contributed by atoms with Crippen LogP contribution in [-0.4, -0.2) is 10.8 Å². The van der Waals surface area contributed by atoms with Crippen LogP contribution in [0.5, 0.6) is 0 Å². The van der Waals surface area contributed by atoms with Gasteiger partial charge >= 0.3 is 0 Å². The van der Waals surface area contributed by atoms with Gasteiger partial charge in [-0.2, -0.15) is 0 Å². The van der Waals surface area contributed by atoms with E-state index in [-0.39, 0.29) is 11.8 Å². The van der Waals surface area contributed by atoms with E-state index in [1.165, 1.54) is 11.3 Å². The van der Waals surface area contributed by atoms with Gasteiger partial charge in [-0.25, -0.2) is 4.98 Å².